The van der Waals surface area contributed by atoms with Crippen molar-refractivity contribution in [3.8, 4) is 0 Å². The van der Waals surface area contributed by atoms with Crippen molar-refractivity contribution < 1.29 is 9.59 Å². The summed E-state index contributed by atoms with van der Waals surface area (Å²) in [5.41, 5.74) is 2.26. The van der Waals surface area contributed by atoms with E-state index in [0.29, 0.717) is 22.0 Å². The lowest BCUT2D eigenvalue weighted by atomic mass is 10.0. The first kappa shape index (κ1) is 24.2. The Morgan fingerprint density at radius 2 is 1.60 bits per heavy atom. The van der Waals surface area contributed by atoms with Gasteiger partial charge in [-0.05, 0) is 51.8 Å². The molecule has 1 atom stereocenters. The van der Waals surface area contributed by atoms with Crippen LogP contribution in [0.3, 0.4) is 0 Å². The predicted molar refractivity (Wildman–Crippen MR) is 124 cm³/mol. The molecule has 0 aliphatic carbocycles. The number of amides is 2. The van der Waals surface area contributed by atoms with E-state index in [1.807, 2.05) is 58.9 Å². The summed E-state index contributed by atoms with van der Waals surface area (Å²) in [6, 6.07) is 12.4. The fraction of sp³-hybridized carbons (Fsp3) is 0.417. The SMILES string of the molecule is CC[C@@H](C(=O)NC(C)(C)C)N(Cc1c(Cl)cccc1Cl)C(=O)Cc1ccc(C)cc1. The topological polar surface area (TPSA) is 49.4 Å². The maximum atomic E-state index is 13.4. The lowest BCUT2D eigenvalue weighted by molar-refractivity contribution is -0.141. The third-order valence-electron chi connectivity index (χ3n) is 4.75. The predicted octanol–water partition coefficient (Wildman–Crippen LogP) is 5.57. The van der Waals surface area contributed by atoms with Gasteiger partial charge >= 0.3 is 0 Å². The van der Waals surface area contributed by atoms with E-state index in [-0.39, 0.29) is 24.8 Å². The molecule has 0 saturated heterocycles. The van der Waals surface area contributed by atoms with E-state index in [0.717, 1.165) is 11.1 Å². The molecule has 2 rings (SSSR count). The van der Waals surface area contributed by atoms with Crippen LogP contribution in [0.4, 0.5) is 0 Å². The molecule has 1 N–H and O–H groups in total. The number of carbonyl (C=O) groups excluding carboxylic acids is 2. The molecule has 0 fully saturated rings. The summed E-state index contributed by atoms with van der Waals surface area (Å²) in [4.78, 5) is 28.0. The fourth-order valence-corrected chi connectivity index (χ4v) is 3.73. The average molecular weight is 449 g/mol. The van der Waals surface area contributed by atoms with Crippen LogP contribution >= 0.6 is 23.2 Å². The zero-order chi connectivity index (χ0) is 22.5. The van der Waals surface area contributed by atoms with E-state index < -0.39 is 11.6 Å². The largest absolute Gasteiger partial charge is 0.350 e. The first-order chi connectivity index (χ1) is 14.0. The van der Waals surface area contributed by atoms with Gasteiger partial charge in [0.15, 0.2) is 0 Å². The van der Waals surface area contributed by atoms with Crippen LogP contribution in [0.2, 0.25) is 10.0 Å². The van der Waals surface area contributed by atoms with Gasteiger partial charge in [-0.15, -0.1) is 0 Å². The smallest absolute Gasteiger partial charge is 0.243 e. The maximum absolute atomic E-state index is 13.4. The number of aryl methyl sites for hydroxylation is 1. The number of rotatable bonds is 7. The Hall–Kier alpha value is -2.04. The molecule has 2 amide bonds. The van der Waals surface area contributed by atoms with Crippen molar-refractivity contribution >= 4 is 35.0 Å². The molecule has 0 spiro atoms. The zero-order valence-corrected chi connectivity index (χ0v) is 19.8. The van der Waals surface area contributed by atoms with Crippen molar-refractivity contribution in [1.82, 2.24) is 10.2 Å². The van der Waals surface area contributed by atoms with Crippen molar-refractivity contribution in [1.29, 1.82) is 0 Å². The Morgan fingerprint density at radius 1 is 1.03 bits per heavy atom. The highest BCUT2D eigenvalue weighted by atomic mass is 35.5. The highest BCUT2D eigenvalue weighted by molar-refractivity contribution is 6.36. The van der Waals surface area contributed by atoms with Gasteiger partial charge in [-0.1, -0.05) is 66.0 Å². The monoisotopic (exact) mass is 448 g/mol. The molecular formula is C24H30Cl2N2O2. The second-order valence-corrected chi connectivity index (χ2v) is 9.36. The van der Waals surface area contributed by atoms with Crippen molar-refractivity contribution in [3.63, 3.8) is 0 Å². The van der Waals surface area contributed by atoms with Gasteiger partial charge in [0.05, 0.1) is 6.42 Å². The first-order valence-electron chi connectivity index (χ1n) is 10.1. The second kappa shape index (κ2) is 10.3. The number of benzene rings is 2. The zero-order valence-electron chi connectivity index (χ0n) is 18.3. The molecule has 2 aromatic rings. The fourth-order valence-electron chi connectivity index (χ4n) is 3.21. The summed E-state index contributed by atoms with van der Waals surface area (Å²) in [6.07, 6.45) is 0.672. The minimum atomic E-state index is -0.630. The number of carbonyl (C=O) groups is 2. The number of nitrogens with zero attached hydrogens (tertiary/aromatic N) is 1. The first-order valence-corrected chi connectivity index (χ1v) is 10.9. The Balaban J connectivity index is 2.38. The Morgan fingerprint density at radius 3 is 2.10 bits per heavy atom. The lowest BCUT2D eigenvalue weighted by Crippen LogP contribution is -2.53. The van der Waals surface area contributed by atoms with Crippen LogP contribution in [0.25, 0.3) is 0 Å². The van der Waals surface area contributed by atoms with Gasteiger partial charge in [-0.25, -0.2) is 0 Å². The van der Waals surface area contributed by atoms with E-state index in [4.69, 9.17) is 23.2 Å². The summed E-state index contributed by atoms with van der Waals surface area (Å²) in [5.74, 6) is -0.337. The molecule has 6 heteroatoms. The molecule has 4 nitrogen and oxygen atoms in total. The minimum Gasteiger partial charge on any atom is -0.350 e. The number of halogens is 2. The van der Waals surface area contributed by atoms with Gasteiger partial charge < -0.3 is 10.2 Å². The molecule has 2 aromatic carbocycles. The third-order valence-corrected chi connectivity index (χ3v) is 5.46. The van der Waals surface area contributed by atoms with Crippen LogP contribution in [-0.4, -0.2) is 28.3 Å². The van der Waals surface area contributed by atoms with Crippen molar-refractivity contribution in [2.45, 2.75) is 65.6 Å². The van der Waals surface area contributed by atoms with Gasteiger partial charge in [0.1, 0.15) is 6.04 Å². The van der Waals surface area contributed by atoms with Crippen LogP contribution in [0, 0.1) is 6.92 Å². The standard InChI is InChI=1S/C24H30Cl2N2O2/c1-6-21(23(30)27-24(3,4)5)28(15-18-19(25)8-7-9-20(18)26)22(29)14-17-12-10-16(2)11-13-17/h7-13,21H,6,14-15H2,1-5H3,(H,27,30)/t21-/m0/s1. The van der Waals surface area contributed by atoms with Crippen LogP contribution < -0.4 is 5.32 Å². The van der Waals surface area contributed by atoms with Crippen molar-refractivity contribution in [2.75, 3.05) is 0 Å². The Labute approximate surface area is 189 Å². The van der Waals surface area contributed by atoms with Crippen LogP contribution in [0.15, 0.2) is 42.5 Å². The third kappa shape index (κ3) is 6.75. The van der Waals surface area contributed by atoms with Gasteiger partial charge in [-0.3, -0.25) is 9.59 Å². The van der Waals surface area contributed by atoms with E-state index in [1.165, 1.54) is 0 Å². The normalized spacial score (nSPS) is 12.4. The Bertz CT molecular complexity index is 869. The molecule has 0 aromatic heterocycles. The Kier molecular flexibility index (Phi) is 8.34. The summed E-state index contributed by atoms with van der Waals surface area (Å²) in [6.45, 7) is 9.82. The highest BCUT2D eigenvalue weighted by Gasteiger charge is 2.31. The summed E-state index contributed by atoms with van der Waals surface area (Å²) in [7, 11) is 0. The van der Waals surface area contributed by atoms with Gasteiger partial charge in [0.25, 0.3) is 0 Å². The van der Waals surface area contributed by atoms with Crippen LogP contribution in [0.5, 0.6) is 0 Å². The van der Waals surface area contributed by atoms with Gasteiger partial charge in [0, 0.05) is 27.7 Å². The number of nitrogens with one attached hydrogen (secondary N) is 1. The molecular weight excluding hydrogens is 419 g/mol. The summed E-state index contributed by atoms with van der Waals surface area (Å²) >= 11 is 12.7. The van der Waals surface area contributed by atoms with Crippen LogP contribution in [0.1, 0.15) is 50.8 Å². The summed E-state index contributed by atoms with van der Waals surface area (Å²) in [5, 5.41) is 3.94. The average Bonchev–Trinajstić information content (AvgIpc) is 2.64. The van der Waals surface area contributed by atoms with E-state index >= 15 is 0 Å². The molecule has 0 aliphatic rings. The van der Waals surface area contributed by atoms with E-state index in [2.05, 4.69) is 5.32 Å². The van der Waals surface area contributed by atoms with Crippen LogP contribution in [-0.2, 0) is 22.6 Å². The molecule has 0 bridgehead atoms. The van der Waals surface area contributed by atoms with Crippen molar-refractivity contribution in [3.05, 3.63) is 69.2 Å². The van der Waals surface area contributed by atoms with E-state index in [9.17, 15) is 9.59 Å². The van der Waals surface area contributed by atoms with Gasteiger partial charge in [0.2, 0.25) is 11.8 Å². The second-order valence-electron chi connectivity index (χ2n) is 8.55. The quantitative estimate of drug-likeness (QED) is 0.601. The minimum absolute atomic E-state index is 0.147. The molecule has 0 radical (unpaired) electrons. The molecule has 0 heterocycles. The maximum Gasteiger partial charge on any atom is 0.243 e. The van der Waals surface area contributed by atoms with E-state index in [1.54, 1.807) is 23.1 Å². The summed E-state index contributed by atoms with van der Waals surface area (Å²) < 4.78 is 0. The number of hydrogen-bond acceptors (Lipinski definition) is 2. The lowest BCUT2D eigenvalue weighted by Gasteiger charge is -2.33. The number of hydrogen-bond donors (Lipinski definition) is 1. The van der Waals surface area contributed by atoms with Gasteiger partial charge in [-0.2, -0.15) is 0 Å². The van der Waals surface area contributed by atoms with Crippen molar-refractivity contribution in [2.24, 2.45) is 0 Å². The molecule has 0 unspecified atom stereocenters. The molecule has 30 heavy (non-hydrogen) atoms. The highest BCUT2D eigenvalue weighted by Crippen LogP contribution is 2.27. The molecule has 162 valence electrons. The molecule has 0 aliphatic heterocycles. The molecule has 0 saturated carbocycles.